The molecule has 2 aromatic rings. The molecule has 0 unspecified atom stereocenters. The monoisotopic (exact) mass is 220 g/mol. The molecule has 2 heterocycles. The van der Waals surface area contributed by atoms with Crippen molar-refractivity contribution in [2.75, 3.05) is 17.2 Å². The molecule has 0 bridgehead atoms. The second kappa shape index (κ2) is 4.30. The van der Waals surface area contributed by atoms with E-state index < -0.39 is 0 Å². The van der Waals surface area contributed by atoms with Crippen LogP contribution >= 0.6 is 0 Å². The van der Waals surface area contributed by atoms with E-state index in [9.17, 15) is 0 Å². The SMILES string of the molecule is CCN(Cc1ccco1)c1nc(C)[nH]c1N. The summed E-state index contributed by atoms with van der Waals surface area (Å²) in [6, 6.07) is 3.82. The highest BCUT2D eigenvalue weighted by atomic mass is 16.3. The number of imidazole rings is 1. The Morgan fingerprint density at radius 2 is 2.38 bits per heavy atom. The molecule has 16 heavy (non-hydrogen) atoms. The third-order valence-corrected chi connectivity index (χ3v) is 2.44. The van der Waals surface area contributed by atoms with Gasteiger partial charge in [-0.1, -0.05) is 0 Å². The van der Waals surface area contributed by atoms with Gasteiger partial charge in [-0.15, -0.1) is 0 Å². The van der Waals surface area contributed by atoms with Crippen LogP contribution in [0.1, 0.15) is 18.5 Å². The zero-order valence-electron chi connectivity index (χ0n) is 9.53. The van der Waals surface area contributed by atoms with Crippen molar-refractivity contribution in [3.05, 3.63) is 30.0 Å². The fourth-order valence-electron chi connectivity index (χ4n) is 1.67. The minimum absolute atomic E-state index is 0.603. The maximum absolute atomic E-state index is 5.86. The second-order valence-corrected chi connectivity index (χ2v) is 3.65. The highest BCUT2D eigenvalue weighted by Crippen LogP contribution is 2.21. The third kappa shape index (κ3) is 2.03. The van der Waals surface area contributed by atoms with E-state index in [1.165, 1.54) is 0 Å². The zero-order valence-corrected chi connectivity index (χ0v) is 9.53. The molecule has 0 radical (unpaired) electrons. The minimum atomic E-state index is 0.603. The van der Waals surface area contributed by atoms with Crippen LogP contribution in [0.4, 0.5) is 11.6 Å². The van der Waals surface area contributed by atoms with Crippen LogP contribution in [-0.4, -0.2) is 16.5 Å². The summed E-state index contributed by atoms with van der Waals surface area (Å²) in [5.41, 5.74) is 5.86. The van der Waals surface area contributed by atoms with Crippen LogP contribution < -0.4 is 10.6 Å². The van der Waals surface area contributed by atoms with Crippen LogP contribution in [0.3, 0.4) is 0 Å². The highest BCUT2D eigenvalue weighted by molar-refractivity contribution is 5.58. The standard InChI is InChI=1S/C11H16N4O/c1-3-15(7-9-5-4-6-16-9)11-10(12)13-8(2)14-11/h4-6H,3,7,12H2,1-2H3,(H,13,14). The summed E-state index contributed by atoms with van der Waals surface area (Å²) in [6.07, 6.45) is 1.67. The van der Waals surface area contributed by atoms with Gasteiger partial charge in [0.1, 0.15) is 17.4 Å². The Morgan fingerprint density at radius 3 is 2.88 bits per heavy atom. The number of hydrogen-bond acceptors (Lipinski definition) is 4. The smallest absolute Gasteiger partial charge is 0.171 e. The lowest BCUT2D eigenvalue weighted by Gasteiger charge is -2.19. The van der Waals surface area contributed by atoms with Crippen LogP contribution in [0, 0.1) is 6.92 Å². The Labute approximate surface area is 94.3 Å². The van der Waals surface area contributed by atoms with E-state index in [1.807, 2.05) is 19.1 Å². The summed E-state index contributed by atoms with van der Waals surface area (Å²) in [7, 11) is 0. The van der Waals surface area contributed by atoms with Crippen LogP contribution in [-0.2, 0) is 6.54 Å². The van der Waals surface area contributed by atoms with Gasteiger partial charge in [-0.05, 0) is 26.0 Å². The number of aryl methyl sites for hydroxylation is 1. The van der Waals surface area contributed by atoms with Crippen molar-refractivity contribution in [3.8, 4) is 0 Å². The topological polar surface area (TPSA) is 71.1 Å². The molecule has 0 aliphatic rings. The molecule has 5 nitrogen and oxygen atoms in total. The molecule has 0 saturated carbocycles. The first kappa shape index (κ1) is 10.6. The average molecular weight is 220 g/mol. The van der Waals surface area contributed by atoms with Crippen LogP contribution in [0.2, 0.25) is 0 Å². The van der Waals surface area contributed by atoms with Crippen LogP contribution in [0.15, 0.2) is 22.8 Å². The van der Waals surface area contributed by atoms with Gasteiger partial charge in [-0.3, -0.25) is 0 Å². The molecule has 0 atom stereocenters. The lowest BCUT2D eigenvalue weighted by Crippen LogP contribution is -2.23. The molecule has 3 N–H and O–H groups in total. The summed E-state index contributed by atoms with van der Waals surface area (Å²) in [5.74, 6) is 3.12. The zero-order chi connectivity index (χ0) is 11.5. The third-order valence-electron chi connectivity index (χ3n) is 2.44. The second-order valence-electron chi connectivity index (χ2n) is 3.65. The first-order valence-electron chi connectivity index (χ1n) is 5.30. The maximum atomic E-state index is 5.86. The summed E-state index contributed by atoms with van der Waals surface area (Å²) >= 11 is 0. The molecule has 0 fully saturated rings. The quantitative estimate of drug-likeness (QED) is 0.825. The average Bonchev–Trinajstić information content (AvgIpc) is 2.85. The van der Waals surface area contributed by atoms with Gasteiger partial charge in [-0.2, -0.15) is 0 Å². The summed E-state index contributed by atoms with van der Waals surface area (Å²) in [6.45, 7) is 5.46. The molecule has 0 spiro atoms. The van der Waals surface area contributed by atoms with E-state index in [4.69, 9.17) is 10.2 Å². The highest BCUT2D eigenvalue weighted by Gasteiger charge is 2.13. The molecule has 0 aliphatic carbocycles. The van der Waals surface area contributed by atoms with Crippen molar-refractivity contribution in [1.29, 1.82) is 0 Å². The van der Waals surface area contributed by atoms with Crippen LogP contribution in [0.5, 0.6) is 0 Å². The molecule has 0 aromatic carbocycles. The number of nitrogens with one attached hydrogen (secondary N) is 1. The van der Waals surface area contributed by atoms with Crippen molar-refractivity contribution in [3.63, 3.8) is 0 Å². The van der Waals surface area contributed by atoms with Gasteiger partial charge in [0.2, 0.25) is 0 Å². The number of nitrogens with zero attached hydrogens (tertiary/aromatic N) is 2. The minimum Gasteiger partial charge on any atom is -0.467 e. The molecular weight excluding hydrogens is 204 g/mol. The molecule has 5 heteroatoms. The van der Waals surface area contributed by atoms with Gasteiger partial charge < -0.3 is 20.0 Å². The molecule has 2 aromatic heterocycles. The van der Waals surface area contributed by atoms with Crippen molar-refractivity contribution in [2.24, 2.45) is 0 Å². The lowest BCUT2D eigenvalue weighted by molar-refractivity contribution is 0.503. The Balaban J connectivity index is 2.19. The molecule has 0 aliphatic heterocycles. The van der Waals surface area contributed by atoms with E-state index in [0.717, 1.165) is 23.9 Å². The van der Waals surface area contributed by atoms with Gasteiger partial charge in [-0.25, -0.2) is 4.98 Å². The molecule has 0 amide bonds. The number of H-pyrrole nitrogens is 1. The van der Waals surface area contributed by atoms with Crippen molar-refractivity contribution in [1.82, 2.24) is 9.97 Å². The Morgan fingerprint density at radius 1 is 1.56 bits per heavy atom. The Kier molecular flexibility index (Phi) is 2.85. The van der Waals surface area contributed by atoms with E-state index in [2.05, 4.69) is 21.8 Å². The largest absolute Gasteiger partial charge is 0.467 e. The van der Waals surface area contributed by atoms with Crippen LogP contribution in [0.25, 0.3) is 0 Å². The fraction of sp³-hybridized carbons (Fsp3) is 0.364. The first-order valence-corrected chi connectivity index (χ1v) is 5.30. The molecule has 86 valence electrons. The summed E-state index contributed by atoms with van der Waals surface area (Å²) < 4.78 is 5.31. The van der Waals surface area contributed by atoms with Gasteiger partial charge in [0.15, 0.2) is 5.82 Å². The number of rotatable bonds is 4. The van der Waals surface area contributed by atoms with E-state index in [1.54, 1.807) is 6.26 Å². The number of anilines is 2. The van der Waals surface area contributed by atoms with Crippen molar-refractivity contribution in [2.45, 2.75) is 20.4 Å². The number of nitrogen functional groups attached to an aromatic ring is 1. The van der Waals surface area contributed by atoms with Crippen molar-refractivity contribution < 1.29 is 4.42 Å². The van der Waals surface area contributed by atoms with E-state index in [0.29, 0.717) is 12.4 Å². The van der Waals surface area contributed by atoms with E-state index in [-0.39, 0.29) is 0 Å². The molecular formula is C11H16N4O. The van der Waals surface area contributed by atoms with Gasteiger partial charge in [0, 0.05) is 6.54 Å². The van der Waals surface area contributed by atoms with Crippen molar-refractivity contribution >= 4 is 11.6 Å². The normalized spacial score (nSPS) is 10.6. The Bertz CT molecular complexity index is 447. The number of hydrogen-bond donors (Lipinski definition) is 2. The molecule has 2 rings (SSSR count). The number of aromatic nitrogens is 2. The predicted octanol–water partition coefficient (Wildman–Crippen LogP) is 1.92. The maximum Gasteiger partial charge on any atom is 0.171 e. The number of furan rings is 1. The first-order chi connectivity index (χ1) is 7.70. The van der Waals surface area contributed by atoms with E-state index >= 15 is 0 Å². The number of aromatic amines is 1. The summed E-state index contributed by atoms with van der Waals surface area (Å²) in [5, 5.41) is 0. The fourth-order valence-corrected chi connectivity index (χ4v) is 1.67. The predicted molar refractivity (Wildman–Crippen MR) is 63.2 cm³/mol. The van der Waals surface area contributed by atoms with Gasteiger partial charge >= 0.3 is 0 Å². The lowest BCUT2D eigenvalue weighted by atomic mass is 10.4. The van der Waals surface area contributed by atoms with Gasteiger partial charge in [0.05, 0.1) is 12.8 Å². The molecule has 0 saturated heterocycles. The summed E-state index contributed by atoms with van der Waals surface area (Å²) in [4.78, 5) is 9.43. The Hall–Kier alpha value is -1.91. The van der Waals surface area contributed by atoms with Gasteiger partial charge in [0.25, 0.3) is 0 Å². The number of nitrogens with two attached hydrogens (primary N) is 1.